The molecule has 0 spiro atoms. The monoisotopic (exact) mass is 290 g/mol. The molecule has 0 radical (unpaired) electrons. The standard InChI is InChI=1S/C12H19I/c1-5-12(4)10(9-13)7-6-8-11(12,2)3/h6-8H,5,9H2,1-4H3. The lowest BCUT2D eigenvalue weighted by Gasteiger charge is -2.45. The summed E-state index contributed by atoms with van der Waals surface area (Å²) in [5.41, 5.74) is 2.24. The van der Waals surface area contributed by atoms with Crippen molar-refractivity contribution in [3.05, 3.63) is 23.8 Å². The average Bonchev–Trinajstić information content (AvgIpc) is 2.09. The highest BCUT2D eigenvalue weighted by atomic mass is 127. The smallest absolute Gasteiger partial charge is 0.0214 e. The van der Waals surface area contributed by atoms with Gasteiger partial charge in [0.25, 0.3) is 0 Å². The lowest BCUT2D eigenvalue weighted by atomic mass is 9.59. The minimum atomic E-state index is 0.303. The van der Waals surface area contributed by atoms with Crippen molar-refractivity contribution in [2.24, 2.45) is 10.8 Å². The van der Waals surface area contributed by atoms with Crippen molar-refractivity contribution in [1.82, 2.24) is 0 Å². The van der Waals surface area contributed by atoms with Crippen molar-refractivity contribution in [2.45, 2.75) is 34.1 Å². The van der Waals surface area contributed by atoms with Crippen LogP contribution in [0.3, 0.4) is 0 Å². The summed E-state index contributed by atoms with van der Waals surface area (Å²) in [6, 6.07) is 0. The molecule has 1 aliphatic rings. The molecule has 0 fully saturated rings. The predicted octanol–water partition coefficient (Wildman–Crippen LogP) is 4.36. The van der Waals surface area contributed by atoms with Crippen LogP contribution in [0.1, 0.15) is 34.1 Å². The molecule has 0 aromatic rings. The van der Waals surface area contributed by atoms with Crippen LogP contribution in [0.5, 0.6) is 0 Å². The lowest BCUT2D eigenvalue weighted by molar-refractivity contribution is 0.179. The van der Waals surface area contributed by atoms with E-state index in [1.54, 1.807) is 5.57 Å². The van der Waals surface area contributed by atoms with Gasteiger partial charge in [-0.15, -0.1) is 0 Å². The summed E-state index contributed by atoms with van der Waals surface area (Å²) in [6.45, 7) is 9.36. The summed E-state index contributed by atoms with van der Waals surface area (Å²) in [5, 5.41) is 0. The van der Waals surface area contributed by atoms with E-state index < -0.39 is 0 Å². The summed E-state index contributed by atoms with van der Waals surface area (Å²) in [5.74, 6) is 0. The zero-order valence-electron chi connectivity index (χ0n) is 9.02. The molecule has 74 valence electrons. The number of rotatable bonds is 2. The molecule has 1 heteroatoms. The van der Waals surface area contributed by atoms with Crippen LogP contribution in [0.15, 0.2) is 23.8 Å². The molecule has 0 bridgehead atoms. The molecule has 1 aliphatic carbocycles. The minimum absolute atomic E-state index is 0.303. The Labute approximate surface area is 95.6 Å². The molecule has 0 aliphatic heterocycles. The Hall–Kier alpha value is 0.210. The maximum absolute atomic E-state index is 2.47. The summed E-state index contributed by atoms with van der Waals surface area (Å²) in [7, 11) is 0. The lowest BCUT2D eigenvalue weighted by Crippen LogP contribution is -2.37. The van der Waals surface area contributed by atoms with Gasteiger partial charge in [0, 0.05) is 4.43 Å². The molecule has 0 amide bonds. The van der Waals surface area contributed by atoms with Crippen LogP contribution in [0.4, 0.5) is 0 Å². The molecule has 0 aromatic heterocycles. The number of allylic oxidation sites excluding steroid dienone is 4. The second-order valence-corrected chi connectivity index (χ2v) is 5.35. The first-order valence-electron chi connectivity index (χ1n) is 4.93. The Morgan fingerprint density at radius 3 is 2.31 bits per heavy atom. The van der Waals surface area contributed by atoms with Gasteiger partial charge in [-0.25, -0.2) is 0 Å². The normalized spacial score (nSPS) is 31.6. The second kappa shape index (κ2) is 3.76. The van der Waals surface area contributed by atoms with Crippen LogP contribution >= 0.6 is 22.6 Å². The van der Waals surface area contributed by atoms with Crippen molar-refractivity contribution in [1.29, 1.82) is 0 Å². The van der Waals surface area contributed by atoms with E-state index >= 15 is 0 Å². The number of hydrogen-bond acceptors (Lipinski definition) is 0. The van der Waals surface area contributed by atoms with Gasteiger partial charge in [0.05, 0.1) is 0 Å². The van der Waals surface area contributed by atoms with Crippen LogP contribution in [-0.2, 0) is 0 Å². The molecule has 13 heavy (non-hydrogen) atoms. The number of hydrogen-bond donors (Lipinski definition) is 0. The van der Waals surface area contributed by atoms with Crippen molar-refractivity contribution >= 4 is 22.6 Å². The zero-order chi connectivity index (χ0) is 10.1. The van der Waals surface area contributed by atoms with E-state index in [0.29, 0.717) is 10.8 Å². The van der Waals surface area contributed by atoms with Gasteiger partial charge >= 0.3 is 0 Å². The van der Waals surface area contributed by atoms with Gasteiger partial charge in [0.2, 0.25) is 0 Å². The third-order valence-corrected chi connectivity index (χ3v) is 4.61. The Kier molecular flexibility index (Phi) is 3.26. The average molecular weight is 290 g/mol. The minimum Gasteiger partial charge on any atom is -0.0815 e. The topological polar surface area (TPSA) is 0 Å². The maximum Gasteiger partial charge on any atom is 0.0214 e. The first-order valence-corrected chi connectivity index (χ1v) is 6.45. The molecule has 1 rings (SSSR count). The number of halogens is 1. The van der Waals surface area contributed by atoms with Crippen molar-refractivity contribution < 1.29 is 0 Å². The fraction of sp³-hybridized carbons (Fsp3) is 0.667. The molecule has 0 N–H and O–H groups in total. The largest absolute Gasteiger partial charge is 0.0815 e. The van der Waals surface area contributed by atoms with E-state index in [-0.39, 0.29) is 0 Å². The van der Waals surface area contributed by atoms with Crippen LogP contribution in [0.2, 0.25) is 0 Å². The highest BCUT2D eigenvalue weighted by molar-refractivity contribution is 14.1. The second-order valence-electron chi connectivity index (χ2n) is 4.59. The van der Waals surface area contributed by atoms with E-state index in [2.05, 4.69) is 68.5 Å². The van der Waals surface area contributed by atoms with E-state index in [9.17, 15) is 0 Å². The van der Waals surface area contributed by atoms with E-state index in [4.69, 9.17) is 0 Å². The van der Waals surface area contributed by atoms with Crippen LogP contribution < -0.4 is 0 Å². The Morgan fingerprint density at radius 1 is 1.31 bits per heavy atom. The molecule has 0 saturated heterocycles. The van der Waals surface area contributed by atoms with Gasteiger partial charge in [-0.05, 0) is 17.3 Å². The molecule has 1 unspecified atom stereocenters. The number of alkyl halides is 1. The van der Waals surface area contributed by atoms with E-state index in [1.807, 2.05) is 0 Å². The van der Waals surface area contributed by atoms with Crippen LogP contribution in [-0.4, -0.2) is 4.43 Å². The van der Waals surface area contributed by atoms with Gasteiger partial charge in [0.1, 0.15) is 0 Å². The van der Waals surface area contributed by atoms with Gasteiger partial charge < -0.3 is 0 Å². The van der Waals surface area contributed by atoms with Gasteiger partial charge in [-0.2, -0.15) is 0 Å². The molecule has 0 saturated carbocycles. The SMILES string of the molecule is CCC1(C)C(CI)=CC=CC1(C)C. The molecule has 0 heterocycles. The molecule has 0 nitrogen and oxygen atoms in total. The summed E-state index contributed by atoms with van der Waals surface area (Å²) in [6.07, 6.45) is 8.07. The summed E-state index contributed by atoms with van der Waals surface area (Å²) >= 11 is 2.47. The molecule has 1 atom stereocenters. The van der Waals surface area contributed by atoms with E-state index in [1.165, 1.54) is 6.42 Å². The van der Waals surface area contributed by atoms with Gasteiger partial charge in [0.15, 0.2) is 0 Å². The highest BCUT2D eigenvalue weighted by Gasteiger charge is 2.41. The van der Waals surface area contributed by atoms with Crippen LogP contribution in [0, 0.1) is 10.8 Å². The Morgan fingerprint density at radius 2 is 1.92 bits per heavy atom. The zero-order valence-corrected chi connectivity index (χ0v) is 11.2. The van der Waals surface area contributed by atoms with Crippen molar-refractivity contribution in [3.8, 4) is 0 Å². The maximum atomic E-state index is 2.47. The Bertz CT molecular complexity index is 248. The predicted molar refractivity (Wildman–Crippen MR) is 68.3 cm³/mol. The third kappa shape index (κ3) is 1.72. The first-order chi connectivity index (χ1) is 5.98. The fourth-order valence-electron chi connectivity index (χ4n) is 2.06. The van der Waals surface area contributed by atoms with Crippen molar-refractivity contribution in [2.75, 3.05) is 4.43 Å². The van der Waals surface area contributed by atoms with Crippen molar-refractivity contribution in [3.63, 3.8) is 0 Å². The van der Waals surface area contributed by atoms with Crippen LogP contribution in [0.25, 0.3) is 0 Å². The van der Waals surface area contributed by atoms with Gasteiger partial charge in [-0.1, -0.05) is 74.1 Å². The van der Waals surface area contributed by atoms with E-state index in [0.717, 1.165) is 4.43 Å². The third-order valence-electron chi connectivity index (χ3n) is 3.79. The highest BCUT2D eigenvalue weighted by Crippen LogP contribution is 2.50. The Balaban J connectivity index is 3.12. The quantitative estimate of drug-likeness (QED) is 0.523. The fourth-order valence-corrected chi connectivity index (χ4v) is 3.16. The van der Waals surface area contributed by atoms with Gasteiger partial charge in [-0.3, -0.25) is 0 Å². The summed E-state index contributed by atoms with van der Waals surface area (Å²) < 4.78 is 1.15. The molecular weight excluding hydrogens is 271 g/mol. The first kappa shape index (κ1) is 11.3. The molecular formula is C12H19I. The molecule has 0 aromatic carbocycles. The summed E-state index contributed by atoms with van der Waals surface area (Å²) in [4.78, 5) is 0.